The lowest BCUT2D eigenvalue weighted by molar-refractivity contribution is -0.0279. The molecule has 2 aromatic heterocycles. The van der Waals surface area contributed by atoms with Crippen molar-refractivity contribution in [3.63, 3.8) is 0 Å². The third kappa shape index (κ3) is 3.04. The third-order valence-electron chi connectivity index (χ3n) is 4.20. The van der Waals surface area contributed by atoms with Crippen molar-refractivity contribution < 1.29 is 5.11 Å². The molecule has 1 aliphatic heterocycles. The maximum absolute atomic E-state index is 10.8. The number of hydrogen-bond acceptors (Lipinski definition) is 5. The number of nitrogens with zero attached hydrogens (tertiary/aromatic N) is 3. The standard InChI is InChI=1S/C16H20N4O/c17-15-13(3-1-8-19-15)12-20-9-5-16(21,6-10-20)14-4-2-7-18-11-14/h1-4,7-8,11,21H,5-6,9-10,12H2,(H2,17,19). The van der Waals surface area contributed by atoms with Gasteiger partial charge in [0.15, 0.2) is 0 Å². The second kappa shape index (κ2) is 5.79. The van der Waals surface area contributed by atoms with Crippen molar-refractivity contribution in [3.05, 3.63) is 54.0 Å². The van der Waals surface area contributed by atoms with Gasteiger partial charge in [-0.15, -0.1) is 0 Å². The largest absolute Gasteiger partial charge is 0.385 e. The number of nitrogens with two attached hydrogens (primary N) is 1. The Kier molecular flexibility index (Phi) is 3.86. The van der Waals surface area contributed by atoms with Gasteiger partial charge in [-0.3, -0.25) is 9.88 Å². The lowest BCUT2D eigenvalue weighted by Crippen LogP contribution is -2.42. The molecule has 3 rings (SSSR count). The number of likely N-dealkylation sites (tertiary alicyclic amines) is 1. The van der Waals surface area contributed by atoms with Crippen LogP contribution in [0, 0.1) is 0 Å². The topological polar surface area (TPSA) is 75.3 Å². The zero-order chi connectivity index (χ0) is 14.7. The van der Waals surface area contributed by atoms with Crippen LogP contribution in [-0.4, -0.2) is 33.1 Å². The molecule has 0 saturated carbocycles. The predicted molar refractivity (Wildman–Crippen MR) is 81.3 cm³/mol. The van der Waals surface area contributed by atoms with Crippen LogP contribution < -0.4 is 5.73 Å². The number of hydrogen-bond donors (Lipinski definition) is 2. The van der Waals surface area contributed by atoms with Gasteiger partial charge in [0.25, 0.3) is 0 Å². The van der Waals surface area contributed by atoms with Gasteiger partial charge in [0.2, 0.25) is 0 Å². The zero-order valence-corrected chi connectivity index (χ0v) is 11.9. The Morgan fingerprint density at radius 2 is 1.95 bits per heavy atom. The summed E-state index contributed by atoms with van der Waals surface area (Å²) in [6, 6.07) is 7.73. The van der Waals surface area contributed by atoms with Crippen molar-refractivity contribution >= 4 is 5.82 Å². The molecule has 0 unspecified atom stereocenters. The minimum Gasteiger partial charge on any atom is -0.385 e. The van der Waals surface area contributed by atoms with E-state index >= 15 is 0 Å². The number of aromatic nitrogens is 2. The minimum atomic E-state index is -0.759. The Morgan fingerprint density at radius 3 is 2.62 bits per heavy atom. The van der Waals surface area contributed by atoms with E-state index in [0.29, 0.717) is 18.7 Å². The first-order valence-electron chi connectivity index (χ1n) is 7.22. The van der Waals surface area contributed by atoms with E-state index in [0.717, 1.165) is 30.8 Å². The SMILES string of the molecule is Nc1ncccc1CN1CCC(O)(c2cccnc2)CC1. The summed E-state index contributed by atoms with van der Waals surface area (Å²) >= 11 is 0. The molecule has 3 N–H and O–H groups in total. The first kappa shape index (κ1) is 14.0. The normalized spacial score (nSPS) is 18.5. The predicted octanol–water partition coefficient (Wildman–Crippen LogP) is 1.54. The fourth-order valence-electron chi connectivity index (χ4n) is 2.83. The summed E-state index contributed by atoms with van der Waals surface area (Å²) in [5.41, 5.74) is 7.08. The Balaban J connectivity index is 1.64. The molecule has 5 nitrogen and oxygen atoms in total. The van der Waals surface area contributed by atoms with Crippen LogP contribution in [0.3, 0.4) is 0 Å². The molecule has 0 amide bonds. The number of aliphatic hydroxyl groups is 1. The van der Waals surface area contributed by atoms with Gasteiger partial charge in [-0.1, -0.05) is 12.1 Å². The number of piperidine rings is 1. The van der Waals surface area contributed by atoms with Crippen molar-refractivity contribution in [2.75, 3.05) is 18.8 Å². The molecular weight excluding hydrogens is 264 g/mol. The van der Waals surface area contributed by atoms with Gasteiger partial charge in [-0.05, 0) is 25.0 Å². The van der Waals surface area contributed by atoms with E-state index in [2.05, 4.69) is 14.9 Å². The Hall–Kier alpha value is -1.98. The van der Waals surface area contributed by atoms with Crippen LogP contribution in [0.15, 0.2) is 42.9 Å². The van der Waals surface area contributed by atoms with Crippen LogP contribution in [0.1, 0.15) is 24.0 Å². The van der Waals surface area contributed by atoms with Crippen molar-refractivity contribution in [3.8, 4) is 0 Å². The van der Waals surface area contributed by atoms with E-state index in [1.54, 1.807) is 18.6 Å². The lowest BCUT2D eigenvalue weighted by Gasteiger charge is -2.38. The number of rotatable bonds is 3. The second-order valence-corrected chi connectivity index (χ2v) is 5.60. The quantitative estimate of drug-likeness (QED) is 0.894. The third-order valence-corrected chi connectivity index (χ3v) is 4.20. The first-order valence-corrected chi connectivity index (χ1v) is 7.22. The van der Waals surface area contributed by atoms with Gasteiger partial charge in [0, 0.05) is 49.4 Å². The van der Waals surface area contributed by atoms with Gasteiger partial charge in [0.1, 0.15) is 5.82 Å². The van der Waals surface area contributed by atoms with Gasteiger partial charge in [-0.25, -0.2) is 4.98 Å². The van der Waals surface area contributed by atoms with Crippen molar-refractivity contribution in [2.45, 2.75) is 25.0 Å². The van der Waals surface area contributed by atoms with Gasteiger partial charge >= 0.3 is 0 Å². The molecule has 0 spiro atoms. The molecule has 1 fully saturated rings. The van der Waals surface area contributed by atoms with E-state index in [-0.39, 0.29) is 0 Å². The van der Waals surface area contributed by atoms with Crippen molar-refractivity contribution in [1.82, 2.24) is 14.9 Å². The Bertz CT molecular complexity index is 594. The smallest absolute Gasteiger partial charge is 0.127 e. The van der Waals surface area contributed by atoms with Crippen LogP contribution in [0.5, 0.6) is 0 Å². The lowest BCUT2D eigenvalue weighted by atomic mass is 9.85. The highest BCUT2D eigenvalue weighted by molar-refractivity contribution is 5.38. The fourth-order valence-corrected chi connectivity index (χ4v) is 2.83. The zero-order valence-electron chi connectivity index (χ0n) is 11.9. The molecule has 0 radical (unpaired) electrons. The summed E-state index contributed by atoms with van der Waals surface area (Å²) in [5, 5.41) is 10.8. The molecule has 0 bridgehead atoms. The summed E-state index contributed by atoms with van der Waals surface area (Å²) in [6.07, 6.45) is 6.61. The fraction of sp³-hybridized carbons (Fsp3) is 0.375. The molecule has 5 heteroatoms. The Labute approximate surface area is 124 Å². The van der Waals surface area contributed by atoms with E-state index in [1.165, 1.54) is 0 Å². The summed E-state index contributed by atoms with van der Waals surface area (Å²) < 4.78 is 0. The summed E-state index contributed by atoms with van der Waals surface area (Å²) in [5.74, 6) is 0.589. The highest BCUT2D eigenvalue weighted by atomic mass is 16.3. The molecule has 21 heavy (non-hydrogen) atoms. The average Bonchev–Trinajstić information content (AvgIpc) is 2.53. The van der Waals surface area contributed by atoms with Crippen molar-refractivity contribution in [2.24, 2.45) is 0 Å². The van der Waals surface area contributed by atoms with E-state index < -0.39 is 5.60 Å². The second-order valence-electron chi connectivity index (χ2n) is 5.60. The molecule has 0 atom stereocenters. The molecule has 0 aromatic carbocycles. The number of pyridine rings is 2. The van der Waals surface area contributed by atoms with Gasteiger partial charge < -0.3 is 10.8 Å². The van der Waals surface area contributed by atoms with Crippen LogP contribution in [0.2, 0.25) is 0 Å². The van der Waals surface area contributed by atoms with E-state index in [4.69, 9.17) is 5.73 Å². The summed E-state index contributed by atoms with van der Waals surface area (Å²) in [4.78, 5) is 10.5. The van der Waals surface area contributed by atoms with Gasteiger partial charge in [-0.2, -0.15) is 0 Å². The summed E-state index contributed by atoms with van der Waals surface area (Å²) in [6.45, 7) is 2.45. The molecular formula is C16H20N4O. The highest BCUT2D eigenvalue weighted by Gasteiger charge is 2.34. The number of anilines is 1. The van der Waals surface area contributed by atoms with Crippen molar-refractivity contribution in [1.29, 1.82) is 0 Å². The monoisotopic (exact) mass is 284 g/mol. The maximum Gasteiger partial charge on any atom is 0.127 e. The highest BCUT2D eigenvalue weighted by Crippen LogP contribution is 2.32. The van der Waals surface area contributed by atoms with Crippen LogP contribution in [0.25, 0.3) is 0 Å². The van der Waals surface area contributed by atoms with Crippen LogP contribution >= 0.6 is 0 Å². The molecule has 0 aliphatic carbocycles. The van der Waals surface area contributed by atoms with Gasteiger partial charge in [0.05, 0.1) is 5.60 Å². The molecule has 1 aliphatic rings. The van der Waals surface area contributed by atoms with E-state index in [1.807, 2.05) is 24.3 Å². The molecule has 1 saturated heterocycles. The number of nitrogen functional groups attached to an aromatic ring is 1. The summed E-state index contributed by atoms with van der Waals surface area (Å²) in [7, 11) is 0. The molecule has 3 heterocycles. The first-order chi connectivity index (χ1) is 10.2. The average molecular weight is 284 g/mol. The van der Waals surface area contributed by atoms with Crippen LogP contribution in [-0.2, 0) is 12.1 Å². The molecule has 110 valence electrons. The van der Waals surface area contributed by atoms with E-state index in [9.17, 15) is 5.11 Å². The maximum atomic E-state index is 10.8. The minimum absolute atomic E-state index is 0.589. The van der Waals surface area contributed by atoms with Crippen LogP contribution in [0.4, 0.5) is 5.82 Å². The molecule has 2 aromatic rings. The Morgan fingerprint density at radius 1 is 1.19 bits per heavy atom.